The lowest BCUT2D eigenvalue weighted by atomic mass is 10.1. The zero-order valence-electron chi connectivity index (χ0n) is 11.2. The number of benzene rings is 2. The van der Waals surface area contributed by atoms with Crippen LogP contribution in [-0.2, 0) is 6.54 Å². The fourth-order valence-electron chi connectivity index (χ4n) is 1.95. The molecule has 3 heteroatoms. The van der Waals surface area contributed by atoms with Gasteiger partial charge in [0.25, 0.3) is 0 Å². The summed E-state index contributed by atoms with van der Waals surface area (Å²) in [6.45, 7) is 2.88. The van der Waals surface area contributed by atoms with E-state index in [1.807, 2.05) is 37.4 Å². The Morgan fingerprint density at radius 3 is 2.58 bits per heavy atom. The molecular weight excluding hydrogens is 302 g/mol. The van der Waals surface area contributed by atoms with Crippen molar-refractivity contribution in [3.8, 4) is 5.75 Å². The molecule has 0 amide bonds. The van der Waals surface area contributed by atoms with E-state index in [4.69, 9.17) is 4.74 Å². The molecule has 2 aromatic carbocycles. The van der Waals surface area contributed by atoms with Crippen LogP contribution in [0.25, 0.3) is 0 Å². The van der Waals surface area contributed by atoms with Gasteiger partial charge in [-0.15, -0.1) is 0 Å². The molecule has 0 radical (unpaired) electrons. The van der Waals surface area contributed by atoms with Gasteiger partial charge in [-0.2, -0.15) is 0 Å². The van der Waals surface area contributed by atoms with Crippen molar-refractivity contribution < 1.29 is 4.74 Å². The lowest BCUT2D eigenvalue weighted by Gasteiger charge is -2.16. The molecule has 2 aromatic rings. The minimum atomic E-state index is 0.0461. The van der Waals surface area contributed by atoms with Crippen LogP contribution in [0.1, 0.15) is 24.2 Å². The maximum atomic E-state index is 5.99. The Bertz CT molecular complexity index is 528. The zero-order chi connectivity index (χ0) is 13.7. The largest absolute Gasteiger partial charge is 0.486 e. The molecule has 0 aliphatic rings. The second-order valence-electron chi connectivity index (χ2n) is 4.45. The molecular formula is C16H18BrNO. The predicted octanol–water partition coefficient (Wildman–Crippen LogP) is 4.31. The summed E-state index contributed by atoms with van der Waals surface area (Å²) in [6, 6.07) is 16.3. The number of halogens is 1. The molecule has 0 spiro atoms. The highest BCUT2D eigenvalue weighted by molar-refractivity contribution is 9.10. The van der Waals surface area contributed by atoms with Crippen molar-refractivity contribution in [2.75, 3.05) is 7.05 Å². The highest BCUT2D eigenvalue weighted by Crippen LogP contribution is 2.26. The Balaban J connectivity index is 2.13. The van der Waals surface area contributed by atoms with E-state index in [1.54, 1.807) is 0 Å². The smallest absolute Gasteiger partial charge is 0.121 e. The normalized spacial score (nSPS) is 12.2. The molecule has 1 N–H and O–H groups in total. The van der Waals surface area contributed by atoms with Crippen LogP contribution in [-0.4, -0.2) is 7.05 Å². The summed E-state index contributed by atoms with van der Waals surface area (Å²) in [4.78, 5) is 0. The van der Waals surface area contributed by atoms with Gasteiger partial charge in [0, 0.05) is 11.0 Å². The van der Waals surface area contributed by atoms with Crippen LogP contribution < -0.4 is 10.1 Å². The van der Waals surface area contributed by atoms with Gasteiger partial charge in [0.15, 0.2) is 0 Å². The average Bonchev–Trinajstić information content (AvgIpc) is 2.44. The van der Waals surface area contributed by atoms with Gasteiger partial charge in [-0.1, -0.05) is 46.3 Å². The molecule has 100 valence electrons. The van der Waals surface area contributed by atoms with Crippen molar-refractivity contribution in [3.63, 3.8) is 0 Å². The molecule has 19 heavy (non-hydrogen) atoms. The first-order chi connectivity index (χ1) is 9.20. The third kappa shape index (κ3) is 3.82. The zero-order valence-corrected chi connectivity index (χ0v) is 12.8. The van der Waals surface area contributed by atoms with Crippen LogP contribution in [0, 0.1) is 0 Å². The highest BCUT2D eigenvalue weighted by atomic mass is 79.9. The first-order valence-corrected chi connectivity index (χ1v) is 7.14. The van der Waals surface area contributed by atoms with Crippen LogP contribution in [0.3, 0.4) is 0 Å². The summed E-state index contributed by atoms with van der Waals surface area (Å²) in [7, 11) is 1.94. The van der Waals surface area contributed by atoms with Crippen molar-refractivity contribution in [2.45, 2.75) is 19.6 Å². The summed E-state index contributed by atoms with van der Waals surface area (Å²) in [5.41, 5.74) is 2.38. The number of rotatable bonds is 5. The van der Waals surface area contributed by atoms with E-state index < -0.39 is 0 Å². The SMILES string of the molecule is CNCc1cc(OC(C)c2ccccc2)ccc1Br. The van der Waals surface area contributed by atoms with Gasteiger partial charge in [-0.05, 0) is 43.3 Å². The molecule has 0 aliphatic heterocycles. The van der Waals surface area contributed by atoms with Gasteiger partial charge >= 0.3 is 0 Å². The van der Waals surface area contributed by atoms with E-state index in [2.05, 4.69) is 46.4 Å². The number of ether oxygens (including phenoxy) is 1. The fraction of sp³-hybridized carbons (Fsp3) is 0.250. The average molecular weight is 320 g/mol. The van der Waals surface area contributed by atoms with Crippen molar-refractivity contribution in [2.24, 2.45) is 0 Å². The van der Waals surface area contributed by atoms with Crippen molar-refractivity contribution in [1.82, 2.24) is 5.32 Å². The van der Waals surface area contributed by atoms with Crippen LogP contribution >= 0.6 is 15.9 Å². The Morgan fingerprint density at radius 1 is 1.16 bits per heavy atom. The third-order valence-electron chi connectivity index (χ3n) is 2.97. The number of hydrogen-bond donors (Lipinski definition) is 1. The lowest BCUT2D eigenvalue weighted by molar-refractivity contribution is 0.226. The molecule has 0 bridgehead atoms. The number of hydrogen-bond acceptors (Lipinski definition) is 2. The Labute approximate surface area is 122 Å². The standard InChI is InChI=1S/C16H18BrNO/c1-12(13-6-4-3-5-7-13)19-15-8-9-16(17)14(10-15)11-18-2/h3-10,12,18H,11H2,1-2H3. The first kappa shape index (κ1) is 14.1. The van der Waals surface area contributed by atoms with Crippen LogP contribution in [0.2, 0.25) is 0 Å². The fourth-order valence-corrected chi connectivity index (χ4v) is 2.33. The second kappa shape index (κ2) is 6.73. The molecule has 2 nitrogen and oxygen atoms in total. The predicted molar refractivity (Wildman–Crippen MR) is 82.4 cm³/mol. The van der Waals surface area contributed by atoms with Crippen molar-refractivity contribution in [1.29, 1.82) is 0 Å². The molecule has 0 saturated heterocycles. The summed E-state index contributed by atoms with van der Waals surface area (Å²) >= 11 is 3.55. The molecule has 0 aliphatic carbocycles. The molecule has 1 unspecified atom stereocenters. The van der Waals surface area contributed by atoms with Gasteiger partial charge < -0.3 is 10.1 Å². The quantitative estimate of drug-likeness (QED) is 0.886. The van der Waals surface area contributed by atoms with Crippen LogP contribution in [0.4, 0.5) is 0 Å². The summed E-state index contributed by atoms with van der Waals surface area (Å²) < 4.78 is 7.09. The second-order valence-corrected chi connectivity index (χ2v) is 5.31. The molecule has 0 aromatic heterocycles. The van der Waals surface area contributed by atoms with Gasteiger partial charge in [-0.25, -0.2) is 0 Å². The van der Waals surface area contributed by atoms with Crippen molar-refractivity contribution >= 4 is 15.9 Å². The van der Waals surface area contributed by atoms with E-state index in [9.17, 15) is 0 Å². The van der Waals surface area contributed by atoms with E-state index in [0.29, 0.717) is 0 Å². The van der Waals surface area contributed by atoms with Gasteiger partial charge in [-0.3, -0.25) is 0 Å². The van der Waals surface area contributed by atoms with Gasteiger partial charge in [0.1, 0.15) is 11.9 Å². The topological polar surface area (TPSA) is 21.3 Å². The lowest BCUT2D eigenvalue weighted by Crippen LogP contribution is -2.07. The molecule has 0 saturated carbocycles. The first-order valence-electron chi connectivity index (χ1n) is 6.35. The molecule has 0 fully saturated rings. The van der Waals surface area contributed by atoms with Crippen molar-refractivity contribution in [3.05, 3.63) is 64.1 Å². The van der Waals surface area contributed by atoms with Crippen LogP contribution in [0.15, 0.2) is 53.0 Å². The van der Waals surface area contributed by atoms with E-state index in [0.717, 1.165) is 16.8 Å². The maximum Gasteiger partial charge on any atom is 0.121 e. The summed E-state index contributed by atoms with van der Waals surface area (Å²) in [5.74, 6) is 0.893. The minimum absolute atomic E-state index is 0.0461. The van der Waals surface area contributed by atoms with Gasteiger partial charge in [0.2, 0.25) is 0 Å². The molecule has 0 heterocycles. The minimum Gasteiger partial charge on any atom is -0.486 e. The maximum absolute atomic E-state index is 5.99. The Hall–Kier alpha value is -1.32. The van der Waals surface area contributed by atoms with Gasteiger partial charge in [0.05, 0.1) is 0 Å². The molecule has 1 atom stereocenters. The van der Waals surface area contributed by atoms with E-state index in [-0.39, 0.29) is 6.10 Å². The Morgan fingerprint density at radius 2 is 1.89 bits per heavy atom. The monoisotopic (exact) mass is 319 g/mol. The summed E-state index contributed by atoms with van der Waals surface area (Å²) in [5, 5.41) is 3.15. The van der Waals surface area contributed by atoms with Crippen LogP contribution in [0.5, 0.6) is 5.75 Å². The van der Waals surface area contributed by atoms with E-state index >= 15 is 0 Å². The molecule has 2 rings (SSSR count). The highest BCUT2D eigenvalue weighted by Gasteiger charge is 2.08. The van der Waals surface area contributed by atoms with E-state index in [1.165, 1.54) is 11.1 Å². The summed E-state index contributed by atoms with van der Waals surface area (Å²) in [6.07, 6.45) is 0.0461. The Kier molecular flexibility index (Phi) is 5.00. The number of nitrogens with one attached hydrogen (secondary N) is 1. The third-order valence-corrected chi connectivity index (χ3v) is 3.74.